The smallest absolute Gasteiger partial charge is 0.406 e. The molecular weight excluding hydrogens is 341 g/mol. The van der Waals surface area contributed by atoms with Crippen LogP contribution in [0.15, 0.2) is 24.3 Å². The maximum atomic E-state index is 12.1. The van der Waals surface area contributed by atoms with Crippen LogP contribution in [0.4, 0.5) is 13.2 Å². The maximum Gasteiger partial charge on any atom is 0.573 e. The Balaban J connectivity index is 1.88. The molecule has 1 atom stereocenters. The lowest BCUT2D eigenvalue weighted by molar-refractivity contribution is -0.274. The van der Waals surface area contributed by atoms with Gasteiger partial charge in [-0.2, -0.15) is 0 Å². The van der Waals surface area contributed by atoms with E-state index in [0.717, 1.165) is 0 Å². The van der Waals surface area contributed by atoms with Crippen molar-refractivity contribution >= 4 is 11.8 Å². The van der Waals surface area contributed by atoms with E-state index in [1.54, 1.807) is 0 Å². The minimum atomic E-state index is -4.74. The van der Waals surface area contributed by atoms with Crippen LogP contribution in [-0.2, 0) is 20.9 Å². The molecule has 1 aliphatic rings. The molecule has 0 bridgehead atoms. The van der Waals surface area contributed by atoms with E-state index in [4.69, 9.17) is 4.74 Å². The summed E-state index contributed by atoms with van der Waals surface area (Å²) in [4.78, 5) is 25.5. The summed E-state index contributed by atoms with van der Waals surface area (Å²) < 4.78 is 45.0. The molecule has 9 heteroatoms. The summed E-state index contributed by atoms with van der Waals surface area (Å²) in [6, 6.07) is 5.30. The molecule has 0 aliphatic carbocycles. The molecule has 1 aromatic rings. The molecule has 1 heterocycles. The number of rotatable bonds is 7. The molecule has 0 spiro atoms. The quantitative estimate of drug-likeness (QED) is 0.752. The summed E-state index contributed by atoms with van der Waals surface area (Å²) in [6.45, 7) is 1.27. The van der Waals surface area contributed by atoms with E-state index in [-0.39, 0.29) is 37.1 Å². The van der Waals surface area contributed by atoms with Gasteiger partial charge in [0.2, 0.25) is 11.8 Å². The fourth-order valence-electron chi connectivity index (χ4n) is 2.54. The Kier molecular flexibility index (Phi) is 6.24. The van der Waals surface area contributed by atoms with Crippen molar-refractivity contribution in [3.05, 3.63) is 29.8 Å². The van der Waals surface area contributed by atoms with Gasteiger partial charge in [0.05, 0.1) is 12.5 Å². The summed E-state index contributed by atoms with van der Waals surface area (Å²) in [7, 11) is 1.53. The summed E-state index contributed by atoms with van der Waals surface area (Å²) in [5, 5.41) is 2.69. The highest BCUT2D eigenvalue weighted by atomic mass is 19.4. The zero-order valence-corrected chi connectivity index (χ0v) is 13.6. The number of carbonyl (C=O) groups excluding carboxylic acids is 2. The molecule has 1 fully saturated rings. The lowest BCUT2D eigenvalue weighted by atomic mass is 10.1. The van der Waals surface area contributed by atoms with E-state index in [1.165, 1.54) is 36.3 Å². The molecule has 1 unspecified atom stereocenters. The first-order valence-corrected chi connectivity index (χ1v) is 7.67. The predicted octanol–water partition coefficient (Wildman–Crippen LogP) is 1.70. The van der Waals surface area contributed by atoms with Crippen molar-refractivity contribution in [2.24, 2.45) is 5.92 Å². The Bertz CT molecular complexity index is 604. The molecule has 138 valence electrons. The monoisotopic (exact) mass is 360 g/mol. The van der Waals surface area contributed by atoms with Crippen LogP contribution >= 0.6 is 0 Å². The largest absolute Gasteiger partial charge is 0.573 e. The van der Waals surface area contributed by atoms with Crippen LogP contribution in [0.1, 0.15) is 12.0 Å². The highest BCUT2D eigenvalue weighted by Crippen LogP contribution is 2.24. The Morgan fingerprint density at radius 3 is 2.60 bits per heavy atom. The zero-order valence-electron chi connectivity index (χ0n) is 13.6. The van der Waals surface area contributed by atoms with Gasteiger partial charge in [0.25, 0.3) is 0 Å². The molecule has 0 aromatic heterocycles. The van der Waals surface area contributed by atoms with Crippen LogP contribution in [0, 0.1) is 5.92 Å². The molecule has 0 saturated carbocycles. The van der Waals surface area contributed by atoms with Gasteiger partial charge < -0.3 is 19.7 Å². The van der Waals surface area contributed by atoms with E-state index >= 15 is 0 Å². The van der Waals surface area contributed by atoms with Gasteiger partial charge >= 0.3 is 6.36 Å². The van der Waals surface area contributed by atoms with E-state index in [0.29, 0.717) is 18.7 Å². The van der Waals surface area contributed by atoms with Gasteiger partial charge in [-0.15, -0.1) is 13.2 Å². The van der Waals surface area contributed by atoms with Crippen molar-refractivity contribution in [3.8, 4) is 5.75 Å². The van der Waals surface area contributed by atoms with Gasteiger partial charge in [-0.1, -0.05) is 12.1 Å². The fraction of sp³-hybridized carbons (Fsp3) is 0.500. The molecule has 2 rings (SSSR count). The minimum Gasteiger partial charge on any atom is -0.406 e. The van der Waals surface area contributed by atoms with Gasteiger partial charge in [0.1, 0.15) is 5.75 Å². The number of hydrogen-bond donors (Lipinski definition) is 1. The van der Waals surface area contributed by atoms with Gasteiger partial charge in [0, 0.05) is 33.2 Å². The third-order valence-corrected chi connectivity index (χ3v) is 3.72. The fourth-order valence-corrected chi connectivity index (χ4v) is 2.54. The van der Waals surface area contributed by atoms with Crippen molar-refractivity contribution in [1.29, 1.82) is 0 Å². The van der Waals surface area contributed by atoms with E-state index < -0.39 is 12.3 Å². The average Bonchev–Trinajstić information content (AvgIpc) is 2.89. The van der Waals surface area contributed by atoms with Crippen molar-refractivity contribution in [2.75, 3.05) is 26.8 Å². The standard InChI is InChI=1S/C16H19F3N2O4/c1-24-7-6-20-15(23)12-8-14(22)21(10-12)9-11-2-4-13(5-3-11)25-16(17,18)19/h2-5,12H,6-10H2,1H3,(H,20,23). The Morgan fingerprint density at radius 1 is 1.32 bits per heavy atom. The average molecular weight is 360 g/mol. The number of ether oxygens (including phenoxy) is 2. The second-order valence-electron chi connectivity index (χ2n) is 5.65. The van der Waals surface area contributed by atoms with Crippen molar-refractivity contribution in [3.63, 3.8) is 0 Å². The number of amides is 2. The van der Waals surface area contributed by atoms with Gasteiger partial charge in [0.15, 0.2) is 0 Å². The van der Waals surface area contributed by atoms with E-state index in [9.17, 15) is 22.8 Å². The topological polar surface area (TPSA) is 67.9 Å². The van der Waals surface area contributed by atoms with Crippen LogP contribution < -0.4 is 10.1 Å². The van der Waals surface area contributed by atoms with Crippen molar-refractivity contribution in [1.82, 2.24) is 10.2 Å². The first kappa shape index (κ1) is 19.0. The lowest BCUT2D eigenvalue weighted by Gasteiger charge is -2.17. The van der Waals surface area contributed by atoms with Crippen molar-refractivity contribution in [2.45, 2.75) is 19.3 Å². The summed E-state index contributed by atoms with van der Waals surface area (Å²) in [5.41, 5.74) is 0.656. The Labute approximate surface area is 142 Å². The van der Waals surface area contributed by atoms with Crippen LogP contribution in [0.5, 0.6) is 5.75 Å². The molecule has 1 N–H and O–H groups in total. The molecule has 1 aromatic carbocycles. The molecule has 0 radical (unpaired) electrons. The zero-order chi connectivity index (χ0) is 18.4. The number of nitrogens with zero attached hydrogens (tertiary/aromatic N) is 1. The van der Waals surface area contributed by atoms with Gasteiger partial charge in [-0.25, -0.2) is 0 Å². The van der Waals surface area contributed by atoms with E-state index in [1.807, 2.05) is 0 Å². The van der Waals surface area contributed by atoms with Crippen molar-refractivity contribution < 1.29 is 32.2 Å². The van der Waals surface area contributed by atoms with E-state index in [2.05, 4.69) is 10.1 Å². The molecular formula is C16H19F3N2O4. The Hall–Kier alpha value is -2.29. The molecule has 2 amide bonds. The normalized spacial score (nSPS) is 17.7. The predicted molar refractivity (Wildman–Crippen MR) is 81.5 cm³/mol. The highest BCUT2D eigenvalue weighted by Gasteiger charge is 2.34. The van der Waals surface area contributed by atoms with Crippen LogP contribution in [0.3, 0.4) is 0 Å². The molecule has 6 nitrogen and oxygen atoms in total. The summed E-state index contributed by atoms with van der Waals surface area (Å²) in [5.74, 6) is -1.12. The lowest BCUT2D eigenvalue weighted by Crippen LogP contribution is -2.34. The van der Waals surface area contributed by atoms with Crippen LogP contribution in [0.2, 0.25) is 0 Å². The molecule has 1 saturated heterocycles. The van der Waals surface area contributed by atoms with Crippen LogP contribution in [-0.4, -0.2) is 49.9 Å². The summed E-state index contributed by atoms with van der Waals surface area (Å²) in [6.07, 6.45) is -4.62. The minimum absolute atomic E-state index is 0.119. The number of nitrogens with one attached hydrogen (secondary N) is 1. The molecule has 25 heavy (non-hydrogen) atoms. The second kappa shape index (κ2) is 8.19. The third-order valence-electron chi connectivity index (χ3n) is 3.72. The number of halogens is 3. The second-order valence-corrected chi connectivity index (χ2v) is 5.65. The molecule has 1 aliphatic heterocycles. The number of likely N-dealkylation sites (tertiary alicyclic amines) is 1. The van der Waals surface area contributed by atoms with Gasteiger partial charge in [-0.05, 0) is 17.7 Å². The van der Waals surface area contributed by atoms with Crippen LogP contribution in [0.25, 0.3) is 0 Å². The van der Waals surface area contributed by atoms with Gasteiger partial charge in [-0.3, -0.25) is 9.59 Å². The first-order valence-electron chi connectivity index (χ1n) is 7.67. The number of hydrogen-bond acceptors (Lipinski definition) is 4. The number of alkyl halides is 3. The third kappa shape index (κ3) is 5.93. The number of methoxy groups -OCH3 is 1. The number of benzene rings is 1. The SMILES string of the molecule is COCCNC(=O)C1CC(=O)N(Cc2ccc(OC(F)(F)F)cc2)C1. The number of carbonyl (C=O) groups is 2. The Morgan fingerprint density at radius 2 is 2.00 bits per heavy atom. The first-order chi connectivity index (χ1) is 11.8. The summed E-state index contributed by atoms with van der Waals surface area (Å²) >= 11 is 0. The highest BCUT2D eigenvalue weighted by molar-refractivity contribution is 5.89. The maximum absolute atomic E-state index is 12.1.